The Labute approximate surface area is 144 Å². The fourth-order valence-electron chi connectivity index (χ4n) is 2.94. The lowest BCUT2D eigenvalue weighted by Gasteiger charge is -2.28. The molecule has 1 aliphatic rings. The van der Waals surface area contributed by atoms with Crippen molar-refractivity contribution in [1.29, 1.82) is 0 Å². The minimum atomic E-state index is -1.09. The van der Waals surface area contributed by atoms with Crippen molar-refractivity contribution in [3.8, 4) is 0 Å². The zero-order chi connectivity index (χ0) is 17.2. The average molecular weight is 341 g/mol. The highest BCUT2D eigenvalue weighted by Gasteiger charge is 2.32. The van der Waals surface area contributed by atoms with Crippen LogP contribution in [0.4, 0.5) is 0 Å². The van der Waals surface area contributed by atoms with Crippen molar-refractivity contribution in [2.45, 2.75) is 58.4 Å². The fourth-order valence-corrected chi connectivity index (χ4v) is 3.92. The van der Waals surface area contributed by atoms with E-state index in [0.29, 0.717) is 11.8 Å². The van der Waals surface area contributed by atoms with Gasteiger partial charge in [0.25, 0.3) is 0 Å². The summed E-state index contributed by atoms with van der Waals surface area (Å²) in [6, 6.07) is 0.0163. The molecule has 0 amide bonds. The Bertz CT molecular complexity index is 497. The van der Waals surface area contributed by atoms with Crippen LogP contribution in [0.3, 0.4) is 0 Å². The van der Waals surface area contributed by atoms with Crippen molar-refractivity contribution in [1.82, 2.24) is 19.2 Å². The van der Waals surface area contributed by atoms with Gasteiger partial charge >= 0.3 is 0 Å². The number of rotatable bonds is 6. The summed E-state index contributed by atoms with van der Waals surface area (Å²) in [5.41, 5.74) is 0.990. The molecule has 6 heteroatoms. The monoisotopic (exact) mass is 340 g/mol. The predicted molar refractivity (Wildman–Crippen MR) is 96.4 cm³/mol. The summed E-state index contributed by atoms with van der Waals surface area (Å²) in [4.78, 5) is 6.97. The fraction of sp³-hybridized carbons (Fsp3) is 0.824. The van der Waals surface area contributed by atoms with Gasteiger partial charge in [-0.2, -0.15) is 0 Å². The number of nitrogens with one attached hydrogen (secondary N) is 1. The van der Waals surface area contributed by atoms with E-state index < -0.39 is 11.4 Å². The number of likely N-dealkylation sites (tertiary alicyclic amines) is 1. The molecule has 1 aromatic heterocycles. The molecule has 0 saturated carbocycles. The molecule has 0 spiro atoms. The van der Waals surface area contributed by atoms with E-state index in [1.54, 1.807) is 0 Å². The molecule has 2 unspecified atom stereocenters. The van der Waals surface area contributed by atoms with Crippen LogP contribution in [-0.2, 0) is 17.9 Å². The first-order chi connectivity index (χ1) is 10.7. The van der Waals surface area contributed by atoms with Crippen LogP contribution in [0.2, 0.25) is 0 Å². The third-order valence-electron chi connectivity index (χ3n) is 4.39. The maximum Gasteiger partial charge on any atom is 0.136 e. The molecule has 1 aliphatic heterocycles. The van der Waals surface area contributed by atoms with Crippen molar-refractivity contribution in [3.05, 3.63) is 18.2 Å². The standard InChI is InChI=1S/C17H32N4OS/c1-13(2)16(19-23(22)17(3,4)5)15-11-21(12-18-15)10-14-7-8-20(6)9-14/h11-14,16,19H,7-10H2,1-6H3/t14-,16?,23?/m0/s1. The summed E-state index contributed by atoms with van der Waals surface area (Å²) >= 11 is -1.09. The highest BCUT2D eigenvalue weighted by Crippen LogP contribution is 2.25. The van der Waals surface area contributed by atoms with Crippen molar-refractivity contribution < 1.29 is 4.55 Å². The number of aromatic nitrogens is 2. The number of hydrogen-bond donors (Lipinski definition) is 1. The first kappa shape index (κ1) is 18.8. The summed E-state index contributed by atoms with van der Waals surface area (Å²) in [6.07, 6.45) is 5.30. The van der Waals surface area contributed by atoms with E-state index in [-0.39, 0.29) is 10.8 Å². The van der Waals surface area contributed by atoms with Crippen LogP contribution in [0.1, 0.15) is 52.8 Å². The lowest BCUT2D eigenvalue weighted by atomic mass is 10.0. The summed E-state index contributed by atoms with van der Waals surface area (Å²) in [6.45, 7) is 13.6. The second-order valence-electron chi connectivity index (χ2n) is 8.13. The Morgan fingerprint density at radius 2 is 2.13 bits per heavy atom. The largest absolute Gasteiger partial charge is 0.598 e. The van der Waals surface area contributed by atoms with Gasteiger partial charge in [0.15, 0.2) is 0 Å². The predicted octanol–water partition coefficient (Wildman–Crippen LogP) is 2.58. The third kappa shape index (κ3) is 5.21. The van der Waals surface area contributed by atoms with Gasteiger partial charge in [0, 0.05) is 30.6 Å². The summed E-state index contributed by atoms with van der Waals surface area (Å²) in [5.74, 6) is 1.04. The zero-order valence-electron chi connectivity index (χ0n) is 15.4. The molecular formula is C17H32N4OS. The molecule has 1 saturated heterocycles. The molecule has 5 nitrogen and oxygen atoms in total. The van der Waals surface area contributed by atoms with Gasteiger partial charge in [-0.3, -0.25) is 0 Å². The van der Waals surface area contributed by atoms with Gasteiger partial charge in [-0.05, 0) is 52.6 Å². The third-order valence-corrected chi connectivity index (χ3v) is 5.97. The van der Waals surface area contributed by atoms with Gasteiger partial charge in [0.05, 0.1) is 18.1 Å². The van der Waals surface area contributed by atoms with Crippen molar-refractivity contribution in [2.75, 3.05) is 20.1 Å². The molecule has 3 atom stereocenters. The van der Waals surface area contributed by atoms with Gasteiger partial charge in [-0.15, -0.1) is 4.72 Å². The first-order valence-corrected chi connectivity index (χ1v) is 9.70. The maximum absolute atomic E-state index is 12.4. The minimum Gasteiger partial charge on any atom is -0.598 e. The Morgan fingerprint density at radius 3 is 2.65 bits per heavy atom. The lowest BCUT2D eigenvalue weighted by Crippen LogP contribution is -2.42. The van der Waals surface area contributed by atoms with Crippen LogP contribution >= 0.6 is 0 Å². The SMILES string of the molecule is CC(C)C(N[S+]([O-])C(C)(C)C)c1cn(C[C@H]2CCN(C)C2)cn1. The summed E-state index contributed by atoms with van der Waals surface area (Å²) < 4.78 is 17.6. The molecule has 0 bridgehead atoms. The van der Waals surface area contributed by atoms with Crippen LogP contribution in [0, 0.1) is 11.8 Å². The molecule has 1 N–H and O–H groups in total. The highest BCUT2D eigenvalue weighted by molar-refractivity contribution is 7.90. The van der Waals surface area contributed by atoms with E-state index in [0.717, 1.165) is 18.8 Å². The van der Waals surface area contributed by atoms with E-state index in [1.807, 2.05) is 27.1 Å². The molecular weight excluding hydrogens is 308 g/mol. The molecule has 2 heterocycles. The quantitative estimate of drug-likeness (QED) is 0.809. The van der Waals surface area contributed by atoms with E-state index in [2.05, 4.69) is 46.3 Å². The first-order valence-electron chi connectivity index (χ1n) is 8.55. The minimum absolute atomic E-state index is 0.0163. The maximum atomic E-state index is 12.4. The smallest absolute Gasteiger partial charge is 0.136 e. The van der Waals surface area contributed by atoms with Crippen LogP contribution in [0.25, 0.3) is 0 Å². The molecule has 0 aromatic carbocycles. The lowest BCUT2D eigenvalue weighted by molar-refractivity contribution is 0.377. The van der Waals surface area contributed by atoms with Crippen molar-refractivity contribution in [3.63, 3.8) is 0 Å². The van der Waals surface area contributed by atoms with Crippen LogP contribution in [0.15, 0.2) is 12.5 Å². The van der Waals surface area contributed by atoms with Gasteiger partial charge in [-0.25, -0.2) is 4.98 Å². The normalized spacial score (nSPS) is 22.7. The van der Waals surface area contributed by atoms with Crippen LogP contribution in [-0.4, -0.2) is 43.9 Å². The Kier molecular flexibility index (Phi) is 6.16. The zero-order valence-corrected chi connectivity index (χ0v) is 16.2. The van der Waals surface area contributed by atoms with Crippen molar-refractivity contribution >= 4 is 11.4 Å². The number of imidazole rings is 1. The molecule has 23 heavy (non-hydrogen) atoms. The van der Waals surface area contributed by atoms with Gasteiger partial charge < -0.3 is 14.0 Å². The van der Waals surface area contributed by atoms with Crippen LogP contribution in [0.5, 0.6) is 0 Å². The Hall–Kier alpha value is -0.560. The van der Waals surface area contributed by atoms with Gasteiger partial charge in [0.1, 0.15) is 4.75 Å². The van der Waals surface area contributed by atoms with Crippen LogP contribution < -0.4 is 4.72 Å². The van der Waals surface area contributed by atoms with E-state index in [9.17, 15) is 4.55 Å². The second kappa shape index (κ2) is 7.55. The number of hydrogen-bond acceptors (Lipinski definition) is 4. The van der Waals surface area contributed by atoms with E-state index >= 15 is 0 Å². The van der Waals surface area contributed by atoms with Gasteiger partial charge in [0.2, 0.25) is 0 Å². The Balaban J connectivity index is 2.03. The van der Waals surface area contributed by atoms with Gasteiger partial charge in [-0.1, -0.05) is 13.8 Å². The van der Waals surface area contributed by atoms with E-state index in [4.69, 9.17) is 0 Å². The van der Waals surface area contributed by atoms with E-state index in [1.165, 1.54) is 13.0 Å². The Morgan fingerprint density at radius 1 is 1.43 bits per heavy atom. The summed E-state index contributed by atoms with van der Waals surface area (Å²) in [7, 11) is 2.18. The highest BCUT2D eigenvalue weighted by atomic mass is 32.2. The molecule has 1 aromatic rings. The molecule has 0 aliphatic carbocycles. The topological polar surface area (TPSA) is 56.1 Å². The second-order valence-corrected chi connectivity index (χ2v) is 10.1. The number of nitrogens with zero attached hydrogens (tertiary/aromatic N) is 3. The summed E-state index contributed by atoms with van der Waals surface area (Å²) in [5, 5.41) is 0. The molecule has 1 fully saturated rings. The van der Waals surface area contributed by atoms with Crippen molar-refractivity contribution in [2.24, 2.45) is 11.8 Å². The molecule has 2 rings (SSSR count). The average Bonchev–Trinajstić information content (AvgIpc) is 3.04. The molecule has 0 radical (unpaired) electrons. The molecule has 132 valence electrons.